The number of anilines is 1. The summed E-state index contributed by atoms with van der Waals surface area (Å²) in [6.45, 7) is 4.03. The third kappa shape index (κ3) is 4.86. The summed E-state index contributed by atoms with van der Waals surface area (Å²) in [5.41, 5.74) is 4.85. The molecule has 0 radical (unpaired) electrons. The molecule has 31 heavy (non-hydrogen) atoms. The van der Waals surface area contributed by atoms with Crippen molar-refractivity contribution in [1.82, 2.24) is 19.7 Å². The van der Waals surface area contributed by atoms with Gasteiger partial charge in [-0.2, -0.15) is 0 Å². The fraction of sp³-hybridized carbons (Fsp3) is 0.130. The zero-order chi connectivity index (χ0) is 21.8. The van der Waals surface area contributed by atoms with E-state index in [-0.39, 0.29) is 11.7 Å². The van der Waals surface area contributed by atoms with Crippen LogP contribution in [0.25, 0.3) is 17.1 Å². The normalized spacial score (nSPS) is 10.8. The summed E-state index contributed by atoms with van der Waals surface area (Å²) in [7, 11) is 0. The first-order chi connectivity index (χ1) is 15.0. The van der Waals surface area contributed by atoms with Crippen molar-refractivity contribution in [3.63, 3.8) is 0 Å². The zero-order valence-corrected chi connectivity index (χ0v) is 19.4. The van der Waals surface area contributed by atoms with Crippen LogP contribution in [0.2, 0.25) is 0 Å². The quantitative estimate of drug-likeness (QED) is 0.362. The summed E-state index contributed by atoms with van der Waals surface area (Å²) < 4.78 is 2.94. The molecule has 0 fully saturated rings. The molecular formula is C23H20BrN5OS. The molecule has 0 atom stereocenters. The molecule has 2 heterocycles. The van der Waals surface area contributed by atoms with Crippen molar-refractivity contribution in [3.05, 3.63) is 82.6 Å². The molecule has 8 heteroatoms. The maximum atomic E-state index is 12.6. The Bertz CT molecular complexity index is 1210. The van der Waals surface area contributed by atoms with Gasteiger partial charge in [-0.1, -0.05) is 39.8 Å². The number of nitrogens with one attached hydrogen (secondary N) is 1. The molecule has 1 N–H and O–H groups in total. The highest BCUT2D eigenvalue weighted by molar-refractivity contribution is 9.10. The average molecular weight is 494 g/mol. The number of halogens is 1. The van der Waals surface area contributed by atoms with E-state index >= 15 is 0 Å². The number of pyridine rings is 1. The Kier molecular flexibility index (Phi) is 6.48. The van der Waals surface area contributed by atoms with E-state index in [1.807, 2.05) is 73.0 Å². The standard InChI is InChI=1S/C23H20BrN5OS/c1-15-4-3-5-20(16(15)2)26-21(30)14-31-23-28-27-22(17-10-12-25-13-11-17)29(23)19-8-6-18(24)7-9-19/h3-13H,14H2,1-2H3,(H,26,30). The monoisotopic (exact) mass is 493 g/mol. The van der Waals surface area contributed by atoms with E-state index in [0.29, 0.717) is 11.0 Å². The van der Waals surface area contributed by atoms with Crippen molar-refractivity contribution in [2.24, 2.45) is 0 Å². The number of aromatic nitrogens is 4. The van der Waals surface area contributed by atoms with Crippen molar-refractivity contribution >= 4 is 39.3 Å². The van der Waals surface area contributed by atoms with Crippen molar-refractivity contribution in [2.75, 3.05) is 11.1 Å². The van der Waals surface area contributed by atoms with E-state index in [9.17, 15) is 4.79 Å². The van der Waals surface area contributed by atoms with Crippen molar-refractivity contribution in [2.45, 2.75) is 19.0 Å². The number of carbonyl (C=O) groups excluding carboxylic acids is 1. The van der Waals surface area contributed by atoms with Crippen molar-refractivity contribution in [3.8, 4) is 17.1 Å². The van der Waals surface area contributed by atoms with Gasteiger partial charge in [0, 0.05) is 33.8 Å². The first-order valence-corrected chi connectivity index (χ1v) is 11.4. The number of hydrogen-bond donors (Lipinski definition) is 1. The summed E-state index contributed by atoms with van der Waals surface area (Å²) in [5, 5.41) is 12.4. The number of nitrogens with zero attached hydrogens (tertiary/aromatic N) is 4. The van der Waals surface area contributed by atoms with Gasteiger partial charge in [0.25, 0.3) is 0 Å². The largest absolute Gasteiger partial charge is 0.325 e. The number of hydrogen-bond acceptors (Lipinski definition) is 5. The summed E-state index contributed by atoms with van der Waals surface area (Å²) >= 11 is 4.82. The second-order valence-electron chi connectivity index (χ2n) is 6.94. The van der Waals surface area contributed by atoms with Gasteiger partial charge in [0.15, 0.2) is 11.0 Å². The van der Waals surface area contributed by atoms with Gasteiger partial charge >= 0.3 is 0 Å². The SMILES string of the molecule is Cc1cccc(NC(=O)CSc2nnc(-c3ccncc3)n2-c2ccc(Br)cc2)c1C. The van der Waals surface area contributed by atoms with Crippen LogP contribution in [0.1, 0.15) is 11.1 Å². The lowest BCUT2D eigenvalue weighted by Gasteiger charge is -2.12. The van der Waals surface area contributed by atoms with E-state index in [0.717, 1.165) is 32.5 Å². The van der Waals surface area contributed by atoms with Gasteiger partial charge in [-0.3, -0.25) is 14.3 Å². The van der Waals surface area contributed by atoms with E-state index in [4.69, 9.17) is 0 Å². The first-order valence-electron chi connectivity index (χ1n) is 9.63. The highest BCUT2D eigenvalue weighted by Gasteiger charge is 2.17. The lowest BCUT2D eigenvalue weighted by atomic mass is 10.1. The maximum Gasteiger partial charge on any atom is 0.234 e. The molecule has 0 aliphatic heterocycles. The topological polar surface area (TPSA) is 72.7 Å². The Morgan fingerprint density at radius 2 is 1.77 bits per heavy atom. The smallest absolute Gasteiger partial charge is 0.234 e. The number of thioether (sulfide) groups is 1. The van der Waals surface area contributed by atoms with Crippen LogP contribution >= 0.6 is 27.7 Å². The molecule has 4 rings (SSSR count). The van der Waals surface area contributed by atoms with Crippen LogP contribution in [-0.4, -0.2) is 31.4 Å². The molecular weight excluding hydrogens is 474 g/mol. The van der Waals surface area contributed by atoms with Crippen LogP contribution in [0.15, 0.2) is 76.6 Å². The number of carbonyl (C=O) groups is 1. The highest BCUT2D eigenvalue weighted by atomic mass is 79.9. The minimum Gasteiger partial charge on any atom is -0.325 e. The fourth-order valence-electron chi connectivity index (χ4n) is 3.08. The molecule has 0 spiro atoms. The number of amides is 1. The van der Waals surface area contributed by atoms with E-state index in [1.165, 1.54) is 11.8 Å². The highest BCUT2D eigenvalue weighted by Crippen LogP contribution is 2.28. The van der Waals surface area contributed by atoms with Crippen LogP contribution < -0.4 is 5.32 Å². The zero-order valence-electron chi connectivity index (χ0n) is 17.0. The molecule has 0 aliphatic carbocycles. The van der Waals surface area contributed by atoms with E-state index in [1.54, 1.807) is 12.4 Å². The molecule has 2 aromatic carbocycles. The van der Waals surface area contributed by atoms with E-state index in [2.05, 4.69) is 36.4 Å². The summed E-state index contributed by atoms with van der Waals surface area (Å²) in [6, 6.07) is 17.6. The number of rotatable bonds is 6. The van der Waals surface area contributed by atoms with Gasteiger partial charge in [0.2, 0.25) is 5.91 Å². The second kappa shape index (κ2) is 9.45. The van der Waals surface area contributed by atoms with Gasteiger partial charge in [-0.05, 0) is 67.4 Å². The maximum absolute atomic E-state index is 12.6. The van der Waals surface area contributed by atoms with Crippen molar-refractivity contribution in [1.29, 1.82) is 0 Å². The van der Waals surface area contributed by atoms with Crippen LogP contribution in [0.4, 0.5) is 5.69 Å². The van der Waals surface area contributed by atoms with E-state index < -0.39 is 0 Å². The lowest BCUT2D eigenvalue weighted by Crippen LogP contribution is -2.15. The van der Waals surface area contributed by atoms with Crippen LogP contribution in [0, 0.1) is 13.8 Å². The second-order valence-corrected chi connectivity index (χ2v) is 8.80. The van der Waals surface area contributed by atoms with Gasteiger partial charge in [0.1, 0.15) is 0 Å². The van der Waals surface area contributed by atoms with Crippen LogP contribution in [0.5, 0.6) is 0 Å². The summed E-state index contributed by atoms with van der Waals surface area (Å²) in [5.74, 6) is 0.829. The third-order valence-electron chi connectivity index (χ3n) is 4.87. The van der Waals surface area contributed by atoms with Gasteiger partial charge in [-0.25, -0.2) is 0 Å². The summed E-state index contributed by atoms with van der Waals surface area (Å²) in [6.07, 6.45) is 3.45. The molecule has 4 aromatic rings. The molecule has 2 aromatic heterocycles. The fourth-order valence-corrected chi connectivity index (χ4v) is 4.09. The van der Waals surface area contributed by atoms with Gasteiger partial charge < -0.3 is 5.32 Å². The average Bonchev–Trinajstić information content (AvgIpc) is 3.21. The molecule has 1 amide bonds. The minimum atomic E-state index is -0.0884. The molecule has 0 saturated carbocycles. The summed E-state index contributed by atoms with van der Waals surface area (Å²) in [4.78, 5) is 16.7. The van der Waals surface area contributed by atoms with Gasteiger partial charge in [0.05, 0.1) is 5.75 Å². The van der Waals surface area contributed by atoms with Gasteiger partial charge in [-0.15, -0.1) is 10.2 Å². The Morgan fingerprint density at radius 3 is 2.52 bits per heavy atom. The Balaban J connectivity index is 1.59. The lowest BCUT2D eigenvalue weighted by molar-refractivity contribution is -0.113. The predicted molar refractivity (Wildman–Crippen MR) is 128 cm³/mol. The van der Waals surface area contributed by atoms with Crippen molar-refractivity contribution < 1.29 is 4.79 Å². The number of benzene rings is 2. The Hall–Kier alpha value is -2.97. The Labute approximate surface area is 193 Å². The molecule has 0 bridgehead atoms. The first kappa shape index (κ1) is 21.3. The molecule has 6 nitrogen and oxygen atoms in total. The molecule has 0 aliphatic rings. The third-order valence-corrected chi connectivity index (χ3v) is 6.33. The molecule has 0 saturated heterocycles. The molecule has 0 unspecified atom stereocenters. The predicted octanol–water partition coefficient (Wildman–Crippen LogP) is 5.44. The van der Waals surface area contributed by atoms with Crippen LogP contribution in [0.3, 0.4) is 0 Å². The minimum absolute atomic E-state index is 0.0884. The molecule has 156 valence electrons. The number of aryl methyl sites for hydroxylation is 1. The van der Waals surface area contributed by atoms with Crippen LogP contribution in [-0.2, 0) is 4.79 Å². The Morgan fingerprint density at radius 1 is 1.03 bits per heavy atom.